The minimum atomic E-state index is -1.02. The summed E-state index contributed by atoms with van der Waals surface area (Å²) in [6, 6.07) is 1.34. The van der Waals surface area contributed by atoms with Crippen LogP contribution in [-0.4, -0.2) is 24.7 Å². The predicted octanol–water partition coefficient (Wildman–Crippen LogP) is 0.769. The molecule has 2 N–H and O–H groups in total. The van der Waals surface area contributed by atoms with E-state index in [2.05, 4.69) is 4.98 Å². The molecule has 1 aromatic rings. The molecule has 0 aromatic carbocycles. The molecule has 0 spiro atoms. The van der Waals surface area contributed by atoms with Gasteiger partial charge in [0.05, 0.1) is 26.0 Å². The van der Waals surface area contributed by atoms with Gasteiger partial charge in [-0.1, -0.05) is 0 Å². The van der Waals surface area contributed by atoms with Crippen LogP contribution in [0.3, 0.4) is 0 Å². The summed E-state index contributed by atoms with van der Waals surface area (Å²) in [6.45, 7) is 1.28. The maximum atomic E-state index is 13.0. The van der Waals surface area contributed by atoms with Crippen molar-refractivity contribution in [2.45, 2.75) is 12.2 Å². The molecule has 15 heavy (non-hydrogen) atoms. The monoisotopic (exact) mass is 212 g/mol. The van der Waals surface area contributed by atoms with Crippen molar-refractivity contribution in [2.24, 2.45) is 5.73 Å². The average molecular weight is 212 g/mol. The van der Waals surface area contributed by atoms with Gasteiger partial charge in [0.15, 0.2) is 0 Å². The summed E-state index contributed by atoms with van der Waals surface area (Å²) >= 11 is 0. The summed E-state index contributed by atoms with van der Waals surface area (Å²) in [5, 5.41) is 0. The summed E-state index contributed by atoms with van der Waals surface area (Å²) in [5.74, 6) is -1.44. The van der Waals surface area contributed by atoms with E-state index in [-0.39, 0.29) is 6.54 Å². The van der Waals surface area contributed by atoms with Crippen LogP contribution in [0.1, 0.15) is 12.0 Å². The molecule has 1 aromatic heterocycles. The van der Waals surface area contributed by atoms with Crippen LogP contribution in [0, 0.1) is 5.82 Å². The number of hydrogen-bond acceptors (Lipinski definition) is 4. The van der Waals surface area contributed by atoms with Gasteiger partial charge in [0.25, 0.3) is 0 Å². The Kier molecular flexibility index (Phi) is 2.95. The van der Waals surface area contributed by atoms with Crippen LogP contribution in [-0.2, 0) is 15.3 Å². The van der Waals surface area contributed by atoms with Gasteiger partial charge in [-0.05, 0) is 12.5 Å². The second kappa shape index (κ2) is 4.22. The van der Waals surface area contributed by atoms with E-state index < -0.39 is 11.6 Å². The molecule has 82 valence electrons. The number of nitrogens with zero attached hydrogens (tertiary/aromatic N) is 1. The average Bonchev–Trinajstić information content (AvgIpc) is 2.30. The van der Waals surface area contributed by atoms with E-state index in [1.165, 1.54) is 12.3 Å². The van der Waals surface area contributed by atoms with E-state index in [1.54, 1.807) is 0 Å². The van der Waals surface area contributed by atoms with Crippen molar-refractivity contribution in [3.63, 3.8) is 0 Å². The van der Waals surface area contributed by atoms with E-state index in [1.807, 2.05) is 0 Å². The number of hydrogen-bond donors (Lipinski definition) is 1. The third kappa shape index (κ3) is 1.99. The smallest absolute Gasteiger partial charge is 0.209 e. The fourth-order valence-electron chi connectivity index (χ4n) is 1.60. The highest BCUT2D eigenvalue weighted by atomic mass is 19.1. The van der Waals surface area contributed by atoms with Crippen molar-refractivity contribution < 1.29 is 13.9 Å². The SMILES string of the molecule is NCC1(c2cncc(F)c2)OCCCO1. The van der Waals surface area contributed by atoms with E-state index in [0.29, 0.717) is 18.8 Å². The molecule has 0 radical (unpaired) electrons. The lowest BCUT2D eigenvalue weighted by Crippen LogP contribution is -2.44. The highest BCUT2D eigenvalue weighted by Crippen LogP contribution is 2.29. The first-order valence-corrected chi connectivity index (χ1v) is 4.86. The largest absolute Gasteiger partial charge is 0.345 e. The molecule has 1 saturated heterocycles. The highest BCUT2D eigenvalue weighted by molar-refractivity contribution is 5.17. The molecule has 0 amide bonds. The van der Waals surface area contributed by atoms with Crippen molar-refractivity contribution in [3.05, 3.63) is 29.8 Å². The topological polar surface area (TPSA) is 57.4 Å². The lowest BCUT2D eigenvalue weighted by molar-refractivity contribution is -0.269. The van der Waals surface area contributed by atoms with Crippen LogP contribution in [0.2, 0.25) is 0 Å². The second-order valence-corrected chi connectivity index (χ2v) is 3.40. The van der Waals surface area contributed by atoms with Gasteiger partial charge in [-0.2, -0.15) is 0 Å². The number of pyridine rings is 1. The van der Waals surface area contributed by atoms with Gasteiger partial charge < -0.3 is 15.2 Å². The van der Waals surface area contributed by atoms with Gasteiger partial charge in [0, 0.05) is 11.8 Å². The van der Waals surface area contributed by atoms with E-state index in [0.717, 1.165) is 12.6 Å². The molecule has 0 saturated carbocycles. The zero-order chi connectivity index (χ0) is 10.7. The first-order chi connectivity index (χ1) is 7.27. The molecular weight excluding hydrogens is 199 g/mol. The van der Waals surface area contributed by atoms with Gasteiger partial charge in [0.2, 0.25) is 5.79 Å². The molecule has 2 heterocycles. The van der Waals surface area contributed by atoms with Crippen molar-refractivity contribution in [3.8, 4) is 0 Å². The molecule has 1 fully saturated rings. The lowest BCUT2D eigenvalue weighted by atomic mass is 10.1. The molecule has 0 atom stereocenters. The summed E-state index contributed by atoms with van der Waals surface area (Å²) in [4.78, 5) is 3.76. The van der Waals surface area contributed by atoms with Gasteiger partial charge in [0.1, 0.15) is 5.82 Å². The number of nitrogens with two attached hydrogens (primary N) is 1. The van der Waals surface area contributed by atoms with Gasteiger partial charge in [-0.15, -0.1) is 0 Å². The van der Waals surface area contributed by atoms with E-state index in [9.17, 15) is 4.39 Å². The normalized spacial score (nSPS) is 20.1. The molecule has 0 unspecified atom stereocenters. The van der Waals surface area contributed by atoms with E-state index in [4.69, 9.17) is 15.2 Å². The van der Waals surface area contributed by atoms with Gasteiger partial charge >= 0.3 is 0 Å². The minimum absolute atomic E-state index is 0.151. The summed E-state index contributed by atoms with van der Waals surface area (Å²) in [6.07, 6.45) is 3.47. The molecule has 0 aliphatic carbocycles. The van der Waals surface area contributed by atoms with Crippen LogP contribution in [0.4, 0.5) is 4.39 Å². The molecule has 2 rings (SSSR count). The Bertz CT molecular complexity index is 340. The fraction of sp³-hybridized carbons (Fsp3) is 0.500. The summed E-state index contributed by atoms with van der Waals surface area (Å²) < 4.78 is 24.0. The summed E-state index contributed by atoms with van der Waals surface area (Å²) in [7, 11) is 0. The quantitative estimate of drug-likeness (QED) is 0.786. The second-order valence-electron chi connectivity index (χ2n) is 3.40. The third-order valence-corrected chi connectivity index (χ3v) is 2.37. The Morgan fingerprint density at radius 2 is 2.13 bits per heavy atom. The van der Waals surface area contributed by atoms with Crippen molar-refractivity contribution in [1.82, 2.24) is 4.98 Å². The highest BCUT2D eigenvalue weighted by Gasteiger charge is 2.35. The fourth-order valence-corrected chi connectivity index (χ4v) is 1.60. The van der Waals surface area contributed by atoms with Crippen LogP contribution in [0.5, 0.6) is 0 Å². The Morgan fingerprint density at radius 1 is 1.40 bits per heavy atom. The minimum Gasteiger partial charge on any atom is -0.345 e. The van der Waals surface area contributed by atoms with Gasteiger partial charge in [-0.25, -0.2) is 4.39 Å². The standard InChI is InChI=1S/C10H13FN2O2/c11-9-4-8(5-13-6-9)10(7-12)14-2-1-3-15-10/h4-6H,1-3,7,12H2. The van der Waals surface area contributed by atoms with Crippen molar-refractivity contribution >= 4 is 0 Å². The molecule has 1 aliphatic rings. The Morgan fingerprint density at radius 3 is 2.73 bits per heavy atom. The molecule has 1 aliphatic heterocycles. The van der Waals surface area contributed by atoms with Crippen LogP contribution in [0.25, 0.3) is 0 Å². The first kappa shape index (κ1) is 10.5. The number of aromatic nitrogens is 1. The maximum absolute atomic E-state index is 13.0. The van der Waals surface area contributed by atoms with Crippen molar-refractivity contribution in [2.75, 3.05) is 19.8 Å². The maximum Gasteiger partial charge on any atom is 0.209 e. The number of rotatable bonds is 2. The van der Waals surface area contributed by atoms with Gasteiger partial charge in [-0.3, -0.25) is 4.98 Å². The van der Waals surface area contributed by atoms with E-state index >= 15 is 0 Å². The van der Waals surface area contributed by atoms with Crippen LogP contribution >= 0.6 is 0 Å². The lowest BCUT2D eigenvalue weighted by Gasteiger charge is -2.36. The van der Waals surface area contributed by atoms with Crippen molar-refractivity contribution in [1.29, 1.82) is 0 Å². The zero-order valence-corrected chi connectivity index (χ0v) is 8.28. The Balaban J connectivity index is 2.32. The first-order valence-electron chi connectivity index (χ1n) is 4.86. The van der Waals surface area contributed by atoms with Crippen LogP contribution < -0.4 is 5.73 Å². The Labute approximate surface area is 87.2 Å². The molecule has 4 nitrogen and oxygen atoms in total. The van der Waals surface area contributed by atoms with Crippen LogP contribution in [0.15, 0.2) is 18.5 Å². The molecule has 0 bridgehead atoms. The molecule has 5 heteroatoms. The third-order valence-electron chi connectivity index (χ3n) is 2.37. The molecular formula is C10H13FN2O2. The number of ether oxygens (including phenoxy) is 2. The Hall–Kier alpha value is -1.04. The predicted molar refractivity (Wildman–Crippen MR) is 51.4 cm³/mol. The number of halogens is 1. The summed E-state index contributed by atoms with van der Waals surface area (Å²) in [5.41, 5.74) is 6.15. The zero-order valence-electron chi connectivity index (χ0n) is 8.28.